The first-order valence-electron chi connectivity index (χ1n) is 24.3. The number of alkyl halides is 6. The minimum Gasteiger partial charge on any atom is -0.459 e. The lowest BCUT2D eigenvalue weighted by Crippen LogP contribution is -2.70. The predicted molar refractivity (Wildman–Crippen MR) is 250 cm³/mol. The number of cyclic esters (lactones) is 1. The summed E-state index contributed by atoms with van der Waals surface area (Å²) in [6, 6.07) is 1.24. The molecule has 3 aliphatic heterocycles. The van der Waals surface area contributed by atoms with E-state index in [9.17, 15) is 65.1 Å². The lowest BCUT2D eigenvalue weighted by molar-refractivity contribution is -0.336. The van der Waals surface area contributed by atoms with Gasteiger partial charge in [-0.2, -0.15) is 39.1 Å². The molecule has 0 amide bonds. The summed E-state index contributed by atoms with van der Waals surface area (Å²) in [5, 5.41) is 65.7. The van der Waals surface area contributed by atoms with Crippen LogP contribution in [0.25, 0.3) is 0 Å². The minimum atomic E-state index is -4.67. The smallest absolute Gasteiger partial charge is 0.416 e. The third-order valence-electron chi connectivity index (χ3n) is 14.8. The molecule has 72 heavy (non-hydrogen) atoms. The number of aliphatic hydroxyl groups excluding tert-OH is 2. The number of carbonyl (C=O) groups excluding carboxylic acids is 1. The molecule has 1 aromatic carbocycles. The Labute approximate surface area is 418 Å². The Kier molecular flexibility index (Phi) is 20.5. The lowest BCUT2D eigenvalue weighted by atomic mass is 9.75. The van der Waals surface area contributed by atoms with E-state index in [1.807, 2.05) is 0 Å². The highest BCUT2D eigenvalue weighted by molar-refractivity contribution is 7.90. The Hall–Kier alpha value is -2.50. The number of hydrogen-bond donors (Lipinski definition) is 8. The van der Waals surface area contributed by atoms with Crippen molar-refractivity contribution in [2.45, 2.75) is 203 Å². The molecule has 8 N–H and O–H groups in total. The summed E-state index contributed by atoms with van der Waals surface area (Å²) in [4.78, 5) is 14.5. The van der Waals surface area contributed by atoms with Gasteiger partial charge in [-0.15, -0.1) is 0 Å². The highest BCUT2D eigenvalue weighted by Gasteiger charge is 2.59. The SMILES string of the molecule is CC[C@H]1OC(=O)[C@H](C)[C@@H](O[C@H]2C[C@@](C)(OC)[C@](O)(CNCCC(F)(F)F)[C@H](C)O2)[C@H](C)[C@@H](O[C@@H]2O[C@H](C)C[C@H](N(C)S(=O)(=O)Nc3ccc(C(F)(F)F)cc3)[C@H]2O)[C@](C)(O)C[C@@H](C)CN[C@H](C)[C@@H](O)[C@]1(C)O. The van der Waals surface area contributed by atoms with E-state index < -0.39 is 155 Å². The van der Waals surface area contributed by atoms with Crippen LogP contribution in [-0.2, 0) is 49.6 Å². The van der Waals surface area contributed by atoms with E-state index in [2.05, 4.69) is 15.4 Å². The number of methoxy groups -OCH3 is 1. The number of halogens is 6. The van der Waals surface area contributed by atoms with Crippen molar-refractivity contribution in [3.8, 4) is 0 Å². The summed E-state index contributed by atoms with van der Waals surface area (Å²) in [5.74, 6) is -3.80. The number of nitrogens with zero attached hydrogens (tertiary/aromatic N) is 1. The Bertz CT molecular complexity index is 2030. The molecule has 3 aliphatic rings. The number of carbonyl (C=O) groups is 1. The molecule has 0 unspecified atom stereocenters. The summed E-state index contributed by atoms with van der Waals surface area (Å²) in [6.07, 6.45) is -23.0. The molecule has 0 radical (unpaired) electrons. The molecular formula is C47H78F6N4O14S. The Morgan fingerprint density at radius 3 is 2.10 bits per heavy atom. The quantitative estimate of drug-likeness (QED) is 0.0739. The second kappa shape index (κ2) is 23.8. The second-order valence-corrected chi connectivity index (χ2v) is 22.5. The molecule has 18 atom stereocenters. The molecule has 3 fully saturated rings. The zero-order valence-corrected chi connectivity index (χ0v) is 43.9. The number of nitrogens with one attached hydrogen (secondary N) is 3. The number of hydrogen-bond acceptors (Lipinski definition) is 16. The first-order chi connectivity index (χ1) is 32.9. The van der Waals surface area contributed by atoms with Crippen molar-refractivity contribution in [3.63, 3.8) is 0 Å². The Morgan fingerprint density at radius 2 is 1.54 bits per heavy atom. The number of aliphatic hydroxyl groups is 5. The van der Waals surface area contributed by atoms with E-state index in [4.69, 9.17) is 28.4 Å². The molecular weight excluding hydrogens is 991 g/mol. The standard InChI is InChI=1S/C47H78F6N4O14S/c1-13-34-44(10,62)38(59)29(6)55-23-25(2)21-42(8,61)39(71-41-36(58)33(20-26(3)67-41)57(11)72(64,65)56-32-16-14-31(15-17-32)47(51,52)53)27(4)37(28(5)40(60)69-34)70-35-22-43(9,66-12)45(63,30(7)68-35)24-54-19-18-46(48,49)50/h14-17,25-30,33-39,41,54-56,58-59,61-63H,13,18-24H2,1-12H3/t25-,26-,27+,28-,29-,30+,33+,34-,35+,36-,37+,38-,39-,41+,42-,43-,44-,45+/m1/s1. The third-order valence-corrected chi connectivity index (χ3v) is 16.3. The molecule has 25 heteroatoms. The van der Waals surface area contributed by atoms with Gasteiger partial charge in [0.2, 0.25) is 0 Å². The summed E-state index contributed by atoms with van der Waals surface area (Å²) in [5.41, 5.74) is -8.60. The van der Waals surface area contributed by atoms with Crippen LogP contribution in [0.1, 0.15) is 107 Å². The number of ether oxygens (including phenoxy) is 6. The topological polar surface area (TPSA) is 247 Å². The average Bonchev–Trinajstić information content (AvgIpc) is 3.27. The summed E-state index contributed by atoms with van der Waals surface area (Å²) < 4.78 is 147. The van der Waals surface area contributed by atoms with Gasteiger partial charge in [0.05, 0.1) is 54.0 Å². The van der Waals surface area contributed by atoms with Crippen LogP contribution in [0.5, 0.6) is 0 Å². The number of rotatable bonds is 14. The van der Waals surface area contributed by atoms with E-state index >= 15 is 0 Å². The minimum absolute atomic E-state index is 0.0541. The van der Waals surface area contributed by atoms with Crippen LogP contribution in [-0.4, -0.2) is 174 Å². The molecule has 418 valence electrons. The van der Waals surface area contributed by atoms with Crippen molar-refractivity contribution >= 4 is 21.9 Å². The monoisotopic (exact) mass is 1070 g/mol. The fraction of sp³-hybridized carbons (Fsp3) is 0.851. The molecule has 0 bridgehead atoms. The fourth-order valence-corrected chi connectivity index (χ4v) is 11.4. The van der Waals surface area contributed by atoms with Gasteiger partial charge in [0.25, 0.3) is 0 Å². The van der Waals surface area contributed by atoms with Crippen molar-refractivity contribution in [2.75, 3.05) is 38.5 Å². The Balaban J connectivity index is 1.78. The van der Waals surface area contributed by atoms with E-state index in [0.29, 0.717) is 12.1 Å². The van der Waals surface area contributed by atoms with Crippen molar-refractivity contribution in [1.29, 1.82) is 0 Å². The van der Waals surface area contributed by atoms with Gasteiger partial charge in [0, 0.05) is 51.3 Å². The van der Waals surface area contributed by atoms with Gasteiger partial charge in [-0.05, 0) is 104 Å². The van der Waals surface area contributed by atoms with Crippen molar-refractivity contribution < 1.29 is 93.5 Å². The van der Waals surface area contributed by atoms with Crippen molar-refractivity contribution in [1.82, 2.24) is 14.9 Å². The number of likely N-dealkylation sites (N-methyl/N-ethyl adjacent to an activating group) is 1. The van der Waals surface area contributed by atoms with Gasteiger partial charge in [-0.25, -0.2) is 0 Å². The van der Waals surface area contributed by atoms with Crippen LogP contribution in [0.2, 0.25) is 0 Å². The van der Waals surface area contributed by atoms with Gasteiger partial charge in [0.1, 0.15) is 35.1 Å². The van der Waals surface area contributed by atoms with Gasteiger partial charge >= 0.3 is 28.5 Å². The van der Waals surface area contributed by atoms with E-state index in [-0.39, 0.29) is 44.5 Å². The van der Waals surface area contributed by atoms with E-state index in [1.165, 1.54) is 41.7 Å². The molecule has 0 saturated carbocycles. The second-order valence-electron chi connectivity index (χ2n) is 20.8. The molecule has 0 spiro atoms. The first-order valence-corrected chi connectivity index (χ1v) is 25.7. The van der Waals surface area contributed by atoms with Gasteiger partial charge in [-0.1, -0.05) is 20.8 Å². The van der Waals surface area contributed by atoms with Crippen LogP contribution < -0.4 is 15.4 Å². The van der Waals surface area contributed by atoms with E-state index in [1.54, 1.807) is 34.6 Å². The van der Waals surface area contributed by atoms with Gasteiger partial charge in [0.15, 0.2) is 12.6 Å². The summed E-state index contributed by atoms with van der Waals surface area (Å²) in [7, 11) is -2.13. The zero-order chi connectivity index (χ0) is 54.7. The largest absolute Gasteiger partial charge is 0.459 e. The molecule has 18 nitrogen and oxygen atoms in total. The number of anilines is 1. The molecule has 4 rings (SSSR count). The van der Waals surface area contributed by atoms with Gasteiger partial charge in [-0.3, -0.25) is 9.52 Å². The summed E-state index contributed by atoms with van der Waals surface area (Å²) in [6.45, 7) is 14.8. The van der Waals surface area contributed by atoms with Crippen LogP contribution in [0.4, 0.5) is 32.0 Å². The normalized spacial score (nSPS) is 40.5. The first kappa shape index (κ1) is 62.0. The number of benzene rings is 1. The molecule has 1 aromatic rings. The Morgan fingerprint density at radius 1 is 0.931 bits per heavy atom. The van der Waals surface area contributed by atoms with Crippen molar-refractivity contribution in [2.24, 2.45) is 17.8 Å². The molecule has 0 aliphatic carbocycles. The maximum atomic E-state index is 14.5. The van der Waals surface area contributed by atoms with Crippen LogP contribution in [0, 0.1) is 17.8 Å². The van der Waals surface area contributed by atoms with Crippen LogP contribution in [0.3, 0.4) is 0 Å². The maximum Gasteiger partial charge on any atom is 0.416 e. The fourth-order valence-electron chi connectivity index (χ4n) is 10.2. The summed E-state index contributed by atoms with van der Waals surface area (Å²) >= 11 is 0. The van der Waals surface area contributed by atoms with Crippen molar-refractivity contribution in [3.05, 3.63) is 29.8 Å². The zero-order valence-electron chi connectivity index (χ0n) is 43.1. The predicted octanol–water partition coefficient (Wildman–Crippen LogP) is 4.22. The molecule has 3 saturated heterocycles. The average molecular weight is 1070 g/mol. The van der Waals surface area contributed by atoms with Gasteiger partial charge < -0.3 is 64.6 Å². The number of esters is 1. The third kappa shape index (κ3) is 14.7. The maximum absolute atomic E-state index is 14.5. The van der Waals surface area contributed by atoms with Crippen LogP contribution in [0.15, 0.2) is 24.3 Å². The van der Waals surface area contributed by atoms with Crippen LogP contribution >= 0.6 is 0 Å². The molecule has 3 heterocycles. The lowest BCUT2D eigenvalue weighted by Gasteiger charge is -2.53. The van der Waals surface area contributed by atoms with E-state index in [0.717, 1.165) is 23.5 Å². The molecule has 0 aromatic heterocycles. The highest BCUT2D eigenvalue weighted by atomic mass is 32.2. The highest BCUT2D eigenvalue weighted by Crippen LogP contribution is 2.43.